The number of nitrogens with zero attached hydrogens (tertiary/aromatic N) is 1. The van der Waals surface area contributed by atoms with E-state index < -0.39 is 5.97 Å². The van der Waals surface area contributed by atoms with Crippen LogP contribution in [-0.2, 0) is 4.79 Å². The summed E-state index contributed by atoms with van der Waals surface area (Å²) < 4.78 is 0. The van der Waals surface area contributed by atoms with Crippen LogP contribution < -0.4 is 4.90 Å². The van der Waals surface area contributed by atoms with Crippen LogP contribution >= 0.6 is 0 Å². The summed E-state index contributed by atoms with van der Waals surface area (Å²) in [4.78, 5) is 24.9. The van der Waals surface area contributed by atoms with Crippen molar-refractivity contribution in [2.45, 2.75) is 39.5 Å². The van der Waals surface area contributed by atoms with E-state index in [2.05, 4.69) is 13.8 Å². The number of anilines is 1. The van der Waals surface area contributed by atoms with Gasteiger partial charge in [0.15, 0.2) is 0 Å². The fourth-order valence-corrected chi connectivity index (χ4v) is 2.32. The highest BCUT2D eigenvalue weighted by molar-refractivity contribution is 5.95. The molecule has 0 radical (unpaired) electrons. The Morgan fingerprint density at radius 3 is 2.00 bits per heavy atom. The minimum absolute atomic E-state index is 0.0501. The van der Waals surface area contributed by atoms with Gasteiger partial charge in [0, 0.05) is 18.7 Å². The summed E-state index contributed by atoms with van der Waals surface area (Å²) in [6, 6.07) is 6.40. The first kappa shape index (κ1) is 16.2. The Labute approximate surface area is 120 Å². The average Bonchev–Trinajstić information content (AvgIpc) is 2.45. The maximum atomic E-state index is 12.5. The summed E-state index contributed by atoms with van der Waals surface area (Å²) in [6.45, 7) is 4.16. The van der Waals surface area contributed by atoms with Crippen LogP contribution in [0.5, 0.6) is 0 Å². The Hall–Kier alpha value is -1.84. The number of aromatic carboxylic acids is 1. The number of carboxylic acids is 1. The molecule has 4 heteroatoms. The maximum Gasteiger partial charge on any atom is 0.335 e. The molecule has 0 bridgehead atoms. The van der Waals surface area contributed by atoms with Crippen molar-refractivity contribution in [2.24, 2.45) is 5.92 Å². The van der Waals surface area contributed by atoms with Crippen LogP contribution in [0.25, 0.3) is 0 Å². The summed E-state index contributed by atoms with van der Waals surface area (Å²) in [5.41, 5.74) is 0.963. The molecule has 0 unspecified atom stereocenters. The van der Waals surface area contributed by atoms with E-state index in [0.29, 0.717) is 0 Å². The minimum Gasteiger partial charge on any atom is -0.478 e. The van der Waals surface area contributed by atoms with Crippen molar-refractivity contribution in [3.05, 3.63) is 29.8 Å². The molecule has 110 valence electrons. The van der Waals surface area contributed by atoms with Gasteiger partial charge in [0.1, 0.15) is 0 Å². The molecule has 0 atom stereocenters. The molecule has 0 saturated carbocycles. The number of carbonyl (C=O) groups is 2. The van der Waals surface area contributed by atoms with Gasteiger partial charge in [-0.1, -0.05) is 26.7 Å². The number of amides is 1. The SMILES string of the molecule is CCCC(CCC)C(=O)N(C)c1ccc(C(=O)O)cc1. The lowest BCUT2D eigenvalue weighted by Crippen LogP contribution is -2.32. The third-order valence-electron chi connectivity index (χ3n) is 3.46. The van der Waals surface area contributed by atoms with Crippen molar-refractivity contribution in [1.29, 1.82) is 0 Å². The topological polar surface area (TPSA) is 57.6 Å². The van der Waals surface area contributed by atoms with E-state index in [1.807, 2.05) is 0 Å². The molecule has 0 aliphatic carbocycles. The van der Waals surface area contributed by atoms with Crippen LogP contribution in [0, 0.1) is 5.92 Å². The summed E-state index contributed by atoms with van der Waals surface area (Å²) in [5.74, 6) is -0.800. The largest absolute Gasteiger partial charge is 0.478 e. The fourth-order valence-electron chi connectivity index (χ4n) is 2.32. The van der Waals surface area contributed by atoms with Gasteiger partial charge in [-0.15, -0.1) is 0 Å². The van der Waals surface area contributed by atoms with Crippen LogP contribution in [0.1, 0.15) is 49.9 Å². The molecule has 1 aromatic rings. The Kier molecular flexibility index (Phi) is 6.22. The first-order valence-corrected chi connectivity index (χ1v) is 7.12. The third-order valence-corrected chi connectivity index (χ3v) is 3.46. The average molecular weight is 277 g/mol. The normalized spacial score (nSPS) is 10.6. The van der Waals surface area contributed by atoms with Crippen molar-refractivity contribution < 1.29 is 14.7 Å². The fraction of sp³-hybridized carbons (Fsp3) is 0.500. The molecule has 0 aliphatic heterocycles. The summed E-state index contributed by atoms with van der Waals surface area (Å²) in [7, 11) is 1.75. The van der Waals surface area contributed by atoms with Gasteiger partial charge in [-0.05, 0) is 37.1 Å². The van der Waals surface area contributed by atoms with Gasteiger partial charge in [0.2, 0.25) is 5.91 Å². The van der Waals surface area contributed by atoms with E-state index in [1.54, 1.807) is 24.1 Å². The van der Waals surface area contributed by atoms with Gasteiger partial charge in [-0.3, -0.25) is 4.79 Å². The number of rotatable bonds is 7. The summed E-state index contributed by atoms with van der Waals surface area (Å²) in [6.07, 6.45) is 3.76. The maximum absolute atomic E-state index is 12.5. The molecule has 4 nitrogen and oxygen atoms in total. The molecular weight excluding hydrogens is 254 g/mol. The Bertz CT molecular complexity index is 447. The predicted molar refractivity (Wildman–Crippen MR) is 80.1 cm³/mol. The van der Waals surface area contributed by atoms with E-state index in [4.69, 9.17) is 5.11 Å². The first-order valence-electron chi connectivity index (χ1n) is 7.12. The number of benzene rings is 1. The number of carboxylic acid groups (broad SMARTS) is 1. The Balaban J connectivity index is 2.83. The molecule has 0 heterocycles. The van der Waals surface area contributed by atoms with Crippen molar-refractivity contribution in [1.82, 2.24) is 0 Å². The second kappa shape index (κ2) is 7.68. The standard InChI is InChI=1S/C16H23NO3/c1-4-6-12(7-5-2)15(18)17(3)14-10-8-13(9-11-14)16(19)20/h8-12H,4-7H2,1-3H3,(H,19,20). The summed E-state index contributed by atoms with van der Waals surface area (Å²) in [5, 5.41) is 8.87. The second-order valence-corrected chi connectivity index (χ2v) is 5.02. The molecule has 20 heavy (non-hydrogen) atoms. The molecule has 1 N–H and O–H groups in total. The van der Waals surface area contributed by atoms with Gasteiger partial charge in [0.05, 0.1) is 5.56 Å². The van der Waals surface area contributed by atoms with E-state index in [-0.39, 0.29) is 17.4 Å². The molecule has 0 fully saturated rings. The number of hydrogen-bond donors (Lipinski definition) is 1. The van der Waals surface area contributed by atoms with Crippen molar-refractivity contribution in [3.8, 4) is 0 Å². The lowest BCUT2D eigenvalue weighted by atomic mass is 9.96. The molecule has 0 aromatic heterocycles. The number of carbonyl (C=O) groups excluding carboxylic acids is 1. The van der Waals surface area contributed by atoms with Crippen LogP contribution in [0.2, 0.25) is 0 Å². The molecule has 1 aromatic carbocycles. The Morgan fingerprint density at radius 1 is 1.10 bits per heavy atom. The molecule has 0 spiro atoms. The second-order valence-electron chi connectivity index (χ2n) is 5.02. The van der Waals surface area contributed by atoms with Crippen molar-refractivity contribution in [2.75, 3.05) is 11.9 Å². The van der Waals surface area contributed by atoms with Gasteiger partial charge in [-0.2, -0.15) is 0 Å². The molecule has 1 rings (SSSR count). The quantitative estimate of drug-likeness (QED) is 0.829. The molecule has 0 saturated heterocycles. The first-order chi connectivity index (χ1) is 9.51. The molecule has 0 aliphatic rings. The predicted octanol–water partition coefficient (Wildman–Crippen LogP) is 3.56. The zero-order chi connectivity index (χ0) is 15.1. The summed E-state index contributed by atoms with van der Waals surface area (Å²) >= 11 is 0. The highest BCUT2D eigenvalue weighted by atomic mass is 16.4. The van der Waals surface area contributed by atoms with Crippen molar-refractivity contribution >= 4 is 17.6 Å². The van der Waals surface area contributed by atoms with E-state index >= 15 is 0 Å². The number of hydrogen-bond acceptors (Lipinski definition) is 2. The lowest BCUT2D eigenvalue weighted by Gasteiger charge is -2.23. The van der Waals surface area contributed by atoms with Crippen LogP contribution in [0.15, 0.2) is 24.3 Å². The third kappa shape index (κ3) is 4.08. The zero-order valence-electron chi connectivity index (χ0n) is 12.4. The minimum atomic E-state index is -0.958. The van der Waals surface area contributed by atoms with Crippen LogP contribution in [0.3, 0.4) is 0 Å². The highest BCUT2D eigenvalue weighted by Crippen LogP contribution is 2.21. The van der Waals surface area contributed by atoms with E-state index in [0.717, 1.165) is 31.4 Å². The van der Waals surface area contributed by atoms with Gasteiger partial charge < -0.3 is 10.0 Å². The van der Waals surface area contributed by atoms with Crippen LogP contribution in [0.4, 0.5) is 5.69 Å². The van der Waals surface area contributed by atoms with Gasteiger partial charge >= 0.3 is 5.97 Å². The Morgan fingerprint density at radius 2 is 1.60 bits per heavy atom. The lowest BCUT2D eigenvalue weighted by molar-refractivity contribution is -0.122. The van der Waals surface area contributed by atoms with Gasteiger partial charge in [0.25, 0.3) is 0 Å². The van der Waals surface area contributed by atoms with Crippen LogP contribution in [-0.4, -0.2) is 24.0 Å². The molecular formula is C16H23NO3. The highest BCUT2D eigenvalue weighted by Gasteiger charge is 2.21. The van der Waals surface area contributed by atoms with E-state index in [1.165, 1.54) is 12.1 Å². The monoisotopic (exact) mass is 277 g/mol. The molecule has 1 amide bonds. The van der Waals surface area contributed by atoms with Gasteiger partial charge in [-0.25, -0.2) is 4.79 Å². The van der Waals surface area contributed by atoms with E-state index in [9.17, 15) is 9.59 Å². The smallest absolute Gasteiger partial charge is 0.335 e. The van der Waals surface area contributed by atoms with Crippen molar-refractivity contribution in [3.63, 3.8) is 0 Å². The zero-order valence-corrected chi connectivity index (χ0v) is 12.4.